The van der Waals surface area contributed by atoms with Gasteiger partial charge in [-0.05, 0) is 43.4 Å². The number of amides is 1. The molecule has 2 heterocycles. The number of likely N-dealkylation sites (tertiary alicyclic amines) is 1. The molecule has 3 rings (SSSR count). The zero-order chi connectivity index (χ0) is 17.6. The second-order valence-electron chi connectivity index (χ2n) is 6.48. The minimum atomic E-state index is -0.263. The lowest BCUT2D eigenvalue weighted by atomic mass is 10.00. The molecule has 6 nitrogen and oxygen atoms in total. The van der Waals surface area contributed by atoms with Crippen molar-refractivity contribution in [1.29, 1.82) is 0 Å². The van der Waals surface area contributed by atoms with Gasteiger partial charge in [0.25, 0.3) is 0 Å². The Kier molecular flexibility index (Phi) is 6.15. The maximum atomic E-state index is 12.8. The van der Waals surface area contributed by atoms with E-state index in [1.165, 1.54) is 0 Å². The van der Waals surface area contributed by atoms with E-state index in [9.17, 15) is 4.79 Å². The molecular weight excluding hydrogens is 322 g/mol. The Morgan fingerprint density at radius 2 is 1.80 bits per heavy atom. The predicted molar refractivity (Wildman–Crippen MR) is 92.9 cm³/mol. The van der Waals surface area contributed by atoms with E-state index in [2.05, 4.69) is 0 Å². The third kappa shape index (κ3) is 4.44. The van der Waals surface area contributed by atoms with Crippen molar-refractivity contribution in [2.24, 2.45) is 0 Å². The van der Waals surface area contributed by atoms with Crippen molar-refractivity contribution in [3.05, 3.63) is 23.8 Å². The summed E-state index contributed by atoms with van der Waals surface area (Å²) in [4.78, 5) is 14.8. The predicted octanol–water partition coefficient (Wildman–Crippen LogP) is 2.39. The third-order valence-electron chi connectivity index (χ3n) is 4.87. The van der Waals surface area contributed by atoms with E-state index in [0.29, 0.717) is 26.1 Å². The van der Waals surface area contributed by atoms with Gasteiger partial charge in [0.05, 0.1) is 33.5 Å². The molecule has 0 saturated carbocycles. The second-order valence-corrected chi connectivity index (χ2v) is 6.48. The molecule has 0 spiro atoms. The SMILES string of the molecule is COc1cc(CCC(=O)N2CCCCC2C2OCCO2)cc(OC)c1. The van der Waals surface area contributed by atoms with Crippen LogP contribution in [0.5, 0.6) is 11.5 Å². The zero-order valence-electron chi connectivity index (χ0n) is 15.0. The molecule has 2 saturated heterocycles. The summed E-state index contributed by atoms with van der Waals surface area (Å²) < 4.78 is 21.9. The van der Waals surface area contributed by atoms with E-state index in [4.69, 9.17) is 18.9 Å². The van der Waals surface area contributed by atoms with Crippen molar-refractivity contribution in [3.8, 4) is 11.5 Å². The maximum Gasteiger partial charge on any atom is 0.223 e. The Balaban J connectivity index is 1.62. The molecule has 2 aliphatic heterocycles. The van der Waals surface area contributed by atoms with Gasteiger partial charge in [-0.15, -0.1) is 0 Å². The van der Waals surface area contributed by atoms with Gasteiger partial charge in [-0.25, -0.2) is 0 Å². The first-order valence-electron chi connectivity index (χ1n) is 8.96. The number of ether oxygens (including phenoxy) is 4. The average Bonchev–Trinajstić information content (AvgIpc) is 3.20. The van der Waals surface area contributed by atoms with Gasteiger partial charge in [0, 0.05) is 19.0 Å². The second kappa shape index (κ2) is 8.54. The fourth-order valence-electron chi connectivity index (χ4n) is 3.55. The van der Waals surface area contributed by atoms with Gasteiger partial charge in [0.1, 0.15) is 11.5 Å². The Hall–Kier alpha value is -1.79. The highest BCUT2D eigenvalue weighted by molar-refractivity contribution is 5.77. The molecule has 1 aromatic rings. The topological polar surface area (TPSA) is 57.2 Å². The first kappa shape index (κ1) is 18.0. The summed E-state index contributed by atoms with van der Waals surface area (Å²) in [6.07, 6.45) is 3.96. The van der Waals surface area contributed by atoms with Crippen LogP contribution in [0.25, 0.3) is 0 Å². The molecule has 1 aromatic carbocycles. The van der Waals surface area contributed by atoms with E-state index >= 15 is 0 Å². The van der Waals surface area contributed by atoms with Crippen molar-refractivity contribution in [2.75, 3.05) is 34.0 Å². The van der Waals surface area contributed by atoms with Crippen molar-refractivity contribution in [2.45, 2.75) is 44.4 Å². The fraction of sp³-hybridized carbons (Fsp3) is 0.632. The van der Waals surface area contributed by atoms with Crippen LogP contribution in [0.4, 0.5) is 0 Å². The number of benzene rings is 1. The number of hydrogen-bond donors (Lipinski definition) is 0. The average molecular weight is 349 g/mol. The number of methoxy groups -OCH3 is 2. The number of nitrogens with zero attached hydrogens (tertiary/aromatic N) is 1. The molecule has 2 aliphatic rings. The van der Waals surface area contributed by atoms with Gasteiger partial charge in [-0.2, -0.15) is 0 Å². The molecule has 0 bridgehead atoms. The Morgan fingerprint density at radius 3 is 2.44 bits per heavy atom. The lowest BCUT2D eigenvalue weighted by molar-refractivity contribution is -0.150. The third-order valence-corrected chi connectivity index (χ3v) is 4.87. The maximum absolute atomic E-state index is 12.8. The van der Waals surface area contributed by atoms with E-state index in [0.717, 1.165) is 42.9 Å². The van der Waals surface area contributed by atoms with Gasteiger partial charge in [-0.1, -0.05) is 0 Å². The molecule has 0 N–H and O–H groups in total. The van der Waals surface area contributed by atoms with Crippen LogP contribution in [0.3, 0.4) is 0 Å². The van der Waals surface area contributed by atoms with Gasteiger partial charge < -0.3 is 23.8 Å². The molecule has 6 heteroatoms. The standard InChI is InChI=1S/C19H27NO5/c1-22-15-11-14(12-16(13-15)23-2)6-7-18(21)20-8-4-3-5-17(20)19-24-9-10-25-19/h11-13,17,19H,3-10H2,1-2H3. The molecule has 0 aliphatic carbocycles. The minimum Gasteiger partial charge on any atom is -0.497 e. The van der Waals surface area contributed by atoms with Crippen LogP contribution < -0.4 is 9.47 Å². The van der Waals surface area contributed by atoms with Crippen LogP contribution in [0.1, 0.15) is 31.2 Å². The number of carbonyl (C=O) groups excluding carboxylic acids is 1. The van der Waals surface area contributed by atoms with Crippen molar-refractivity contribution in [3.63, 3.8) is 0 Å². The summed E-state index contributed by atoms with van der Waals surface area (Å²) in [7, 11) is 3.26. The first-order valence-corrected chi connectivity index (χ1v) is 8.96. The van der Waals surface area contributed by atoms with E-state index in [1.807, 2.05) is 23.1 Å². The molecule has 0 radical (unpaired) electrons. The Labute approximate surface area is 149 Å². The Bertz CT molecular complexity index is 563. The van der Waals surface area contributed by atoms with E-state index < -0.39 is 0 Å². The van der Waals surface area contributed by atoms with Crippen LogP contribution in [-0.2, 0) is 20.7 Å². The van der Waals surface area contributed by atoms with Gasteiger partial charge >= 0.3 is 0 Å². The number of rotatable bonds is 6. The van der Waals surface area contributed by atoms with Crippen molar-refractivity contribution < 1.29 is 23.7 Å². The van der Waals surface area contributed by atoms with Crippen LogP contribution in [0.2, 0.25) is 0 Å². The molecular formula is C19H27NO5. The summed E-state index contributed by atoms with van der Waals surface area (Å²) >= 11 is 0. The summed E-state index contributed by atoms with van der Waals surface area (Å²) in [6, 6.07) is 5.78. The van der Waals surface area contributed by atoms with Crippen LogP contribution in [0, 0.1) is 0 Å². The smallest absolute Gasteiger partial charge is 0.223 e. The molecule has 1 unspecified atom stereocenters. The lowest BCUT2D eigenvalue weighted by Crippen LogP contribution is -2.50. The monoisotopic (exact) mass is 349 g/mol. The van der Waals surface area contributed by atoms with Gasteiger partial charge in [-0.3, -0.25) is 4.79 Å². The molecule has 138 valence electrons. The molecule has 0 aromatic heterocycles. The largest absolute Gasteiger partial charge is 0.497 e. The van der Waals surface area contributed by atoms with Crippen LogP contribution in [-0.4, -0.2) is 57.1 Å². The quantitative estimate of drug-likeness (QED) is 0.789. The highest BCUT2D eigenvalue weighted by Gasteiger charge is 2.35. The van der Waals surface area contributed by atoms with E-state index in [-0.39, 0.29) is 18.2 Å². The van der Waals surface area contributed by atoms with Crippen LogP contribution in [0.15, 0.2) is 18.2 Å². The van der Waals surface area contributed by atoms with Gasteiger partial charge in [0.2, 0.25) is 5.91 Å². The number of piperidine rings is 1. The first-order chi connectivity index (χ1) is 12.2. The van der Waals surface area contributed by atoms with Crippen LogP contribution >= 0.6 is 0 Å². The van der Waals surface area contributed by atoms with Crippen molar-refractivity contribution in [1.82, 2.24) is 4.90 Å². The molecule has 2 fully saturated rings. The zero-order valence-corrected chi connectivity index (χ0v) is 15.0. The highest BCUT2D eigenvalue weighted by Crippen LogP contribution is 2.26. The number of hydrogen-bond acceptors (Lipinski definition) is 5. The summed E-state index contributed by atoms with van der Waals surface area (Å²) in [6.45, 7) is 2.02. The summed E-state index contributed by atoms with van der Waals surface area (Å²) in [5, 5.41) is 0. The molecule has 1 amide bonds. The van der Waals surface area contributed by atoms with Gasteiger partial charge in [0.15, 0.2) is 6.29 Å². The van der Waals surface area contributed by atoms with Crippen molar-refractivity contribution >= 4 is 5.91 Å². The lowest BCUT2D eigenvalue weighted by Gasteiger charge is -2.38. The normalized spacial score (nSPS) is 21.4. The van der Waals surface area contributed by atoms with E-state index in [1.54, 1.807) is 14.2 Å². The highest BCUT2D eigenvalue weighted by atomic mass is 16.7. The number of carbonyl (C=O) groups is 1. The minimum absolute atomic E-state index is 0.0450. The number of aryl methyl sites for hydroxylation is 1. The summed E-state index contributed by atoms with van der Waals surface area (Å²) in [5.41, 5.74) is 1.03. The molecule has 1 atom stereocenters. The molecule has 25 heavy (non-hydrogen) atoms. The summed E-state index contributed by atoms with van der Waals surface area (Å²) in [5.74, 6) is 1.64. The fourth-order valence-corrected chi connectivity index (χ4v) is 3.55. The Morgan fingerprint density at radius 1 is 1.12 bits per heavy atom.